The van der Waals surface area contributed by atoms with Crippen LogP contribution < -0.4 is 10.6 Å². The Balaban J connectivity index is 1.28. The second-order valence-electron chi connectivity index (χ2n) is 7.29. The maximum absolute atomic E-state index is 12.3. The topological polar surface area (TPSA) is 69.8 Å². The first-order valence-electron chi connectivity index (χ1n) is 9.85. The van der Waals surface area contributed by atoms with Crippen molar-refractivity contribution in [3.63, 3.8) is 0 Å². The highest BCUT2D eigenvalue weighted by Crippen LogP contribution is 2.25. The Morgan fingerprint density at radius 1 is 1.11 bits per heavy atom. The average Bonchev–Trinajstić information content (AvgIpc) is 3.13. The molecule has 0 saturated heterocycles. The second-order valence-corrected chi connectivity index (χ2v) is 7.29. The second kappa shape index (κ2) is 8.25. The molecule has 0 spiro atoms. The van der Waals surface area contributed by atoms with Crippen LogP contribution in [0.5, 0.6) is 0 Å². The van der Waals surface area contributed by atoms with E-state index in [1.807, 2.05) is 18.2 Å². The van der Waals surface area contributed by atoms with E-state index < -0.39 is 0 Å². The predicted molar refractivity (Wildman–Crippen MR) is 110 cm³/mol. The fraction of sp³-hybridized carbons (Fsp3) is 0.364. The van der Waals surface area contributed by atoms with Crippen molar-refractivity contribution in [2.75, 3.05) is 17.2 Å². The molecule has 4 rings (SSSR count). The zero-order valence-corrected chi connectivity index (χ0v) is 15.5. The summed E-state index contributed by atoms with van der Waals surface area (Å²) >= 11 is 0. The van der Waals surface area contributed by atoms with Gasteiger partial charge >= 0.3 is 0 Å². The van der Waals surface area contributed by atoms with Crippen molar-refractivity contribution in [2.24, 2.45) is 5.92 Å². The Morgan fingerprint density at radius 3 is 2.78 bits per heavy atom. The van der Waals surface area contributed by atoms with Gasteiger partial charge in [0.15, 0.2) is 0 Å². The lowest BCUT2D eigenvalue weighted by Gasteiger charge is -2.20. The third-order valence-electron chi connectivity index (χ3n) is 5.38. The number of anilines is 2. The standard InChI is InChI=1S/C22H26N4O/c27-22(16-6-2-1-3-7-16)26-18-10-11-21(25-15-18)23-13-12-17-14-24-20-9-5-4-8-19(17)20/h4-5,8-11,14-16,24H,1-3,6-7,12-13H2,(H,23,25)(H,26,27). The van der Waals surface area contributed by atoms with Crippen molar-refractivity contribution in [1.82, 2.24) is 9.97 Å². The van der Waals surface area contributed by atoms with Gasteiger partial charge in [0.05, 0.1) is 11.9 Å². The molecule has 2 heterocycles. The number of nitrogens with zero attached hydrogens (tertiary/aromatic N) is 1. The zero-order chi connectivity index (χ0) is 18.5. The zero-order valence-electron chi connectivity index (χ0n) is 15.5. The first-order chi connectivity index (χ1) is 13.3. The van der Waals surface area contributed by atoms with E-state index >= 15 is 0 Å². The van der Waals surface area contributed by atoms with Crippen molar-refractivity contribution in [3.8, 4) is 0 Å². The van der Waals surface area contributed by atoms with Crippen LogP contribution in [0.4, 0.5) is 11.5 Å². The van der Waals surface area contributed by atoms with Gasteiger partial charge in [0.25, 0.3) is 0 Å². The molecule has 3 N–H and O–H groups in total. The molecule has 27 heavy (non-hydrogen) atoms. The first-order valence-corrected chi connectivity index (χ1v) is 9.85. The molecule has 1 aromatic carbocycles. The van der Waals surface area contributed by atoms with Crippen LogP contribution in [-0.4, -0.2) is 22.4 Å². The quantitative estimate of drug-likeness (QED) is 0.593. The summed E-state index contributed by atoms with van der Waals surface area (Å²) in [7, 11) is 0. The molecule has 1 fully saturated rings. The van der Waals surface area contributed by atoms with Crippen LogP contribution in [0.3, 0.4) is 0 Å². The van der Waals surface area contributed by atoms with Crippen LogP contribution in [0.25, 0.3) is 10.9 Å². The number of aromatic amines is 1. The molecule has 3 aromatic rings. The summed E-state index contributed by atoms with van der Waals surface area (Å²) in [5, 5.41) is 7.63. The molecule has 140 valence electrons. The Morgan fingerprint density at radius 2 is 1.96 bits per heavy atom. The molecule has 5 heteroatoms. The van der Waals surface area contributed by atoms with Crippen LogP contribution in [0.2, 0.25) is 0 Å². The molecule has 1 amide bonds. The van der Waals surface area contributed by atoms with Gasteiger partial charge < -0.3 is 15.6 Å². The van der Waals surface area contributed by atoms with Crippen molar-refractivity contribution in [3.05, 3.63) is 54.4 Å². The maximum Gasteiger partial charge on any atom is 0.227 e. The molecule has 0 bridgehead atoms. The Bertz CT molecular complexity index is 894. The summed E-state index contributed by atoms with van der Waals surface area (Å²) in [6, 6.07) is 12.2. The van der Waals surface area contributed by atoms with Crippen molar-refractivity contribution in [2.45, 2.75) is 38.5 Å². The molecule has 5 nitrogen and oxygen atoms in total. The van der Waals surface area contributed by atoms with Gasteiger partial charge in [0, 0.05) is 29.6 Å². The van der Waals surface area contributed by atoms with E-state index in [0.29, 0.717) is 0 Å². The minimum Gasteiger partial charge on any atom is -0.370 e. The molecule has 0 aliphatic heterocycles. The molecule has 2 aromatic heterocycles. The summed E-state index contributed by atoms with van der Waals surface area (Å²) < 4.78 is 0. The number of fused-ring (bicyclic) bond motifs is 1. The van der Waals surface area contributed by atoms with Crippen LogP contribution in [0, 0.1) is 5.92 Å². The summed E-state index contributed by atoms with van der Waals surface area (Å²) in [6.07, 6.45) is 10.3. The summed E-state index contributed by atoms with van der Waals surface area (Å²) in [5.74, 6) is 1.12. The van der Waals surface area contributed by atoms with E-state index in [4.69, 9.17) is 0 Å². The molecule has 1 saturated carbocycles. The molecule has 1 aliphatic carbocycles. The smallest absolute Gasteiger partial charge is 0.227 e. The number of para-hydroxylation sites is 1. The molecule has 1 aliphatic rings. The summed E-state index contributed by atoms with van der Waals surface area (Å²) in [6.45, 7) is 0.808. The van der Waals surface area contributed by atoms with E-state index in [9.17, 15) is 4.79 Å². The number of rotatable bonds is 6. The predicted octanol–water partition coefficient (Wildman–Crippen LogP) is 4.74. The van der Waals surface area contributed by atoms with Crippen LogP contribution in [0.15, 0.2) is 48.8 Å². The number of carbonyl (C=O) groups is 1. The molecule has 0 unspecified atom stereocenters. The number of H-pyrrole nitrogens is 1. The van der Waals surface area contributed by atoms with Gasteiger partial charge in [-0.1, -0.05) is 37.5 Å². The van der Waals surface area contributed by atoms with Crippen LogP contribution in [-0.2, 0) is 11.2 Å². The molecular weight excluding hydrogens is 336 g/mol. The lowest BCUT2D eigenvalue weighted by atomic mass is 9.88. The number of nitrogens with one attached hydrogen (secondary N) is 3. The molecule has 0 radical (unpaired) electrons. The highest BCUT2D eigenvalue weighted by atomic mass is 16.1. The van der Waals surface area contributed by atoms with Gasteiger partial charge in [-0.15, -0.1) is 0 Å². The Hall–Kier alpha value is -2.82. The van der Waals surface area contributed by atoms with E-state index in [2.05, 4.69) is 45.0 Å². The van der Waals surface area contributed by atoms with Gasteiger partial charge in [-0.3, -0.25) is 4.79 Å². The molecule has 0 atom stereocenters. The van der Waals surface area contributed by atoms with Gasteiger partial charge in [0.1, 0.15) is 5.82 Å². The van der Waals surface area contributed by atoms with Gasteiger partial charge in [-0.2, -0.15) is 0 Å². The summed E-state index contributed by atoms with van der Waals surface area (Å²) in [4.78, 5) is 20.0. The maximum atomic E-state index is 12.3. The van der Waals surface area contributed by atoms with Crippen molar-refractivity contribution < 1.29 is 4.79 Å². The lowest BCUT2D eigenvalue weighted by molar-refractivity contribution is -0.120. The third kappa shape index (κ3) is 4.30. The Kier molecular flexibility index (Phi) is 5.37. The normalized spacial score (nSPS) is 15.0. The van der Waals surface area contributed by atoms with Crippen molar-refractivity contribution in [1.29, 1.82) is 0 Å². The minimum absolute atomic E-state index is 0.136. The highest BCUT2D eigenvalue weighted by molar-refractivity contribution is 5.92. The number of benzene rings is 1. The number of hydrogen-bond donors (Lipinski definition) is 3. The lowest BCUT2D eigenvalue weighted by Crippen LogP contribution is -2.24. The fourth-order valence-electron chi connectivity index (χ4n) is 3.85. The number of aromatic nitrogens is 2. The van der Waals surface area contributed by atoms with Crippen LogP contribution >= 0.6 is 0 Å². The number of pyridine rings is 1. The van der Waals surface area contributed by atoms with Crippen LogP contribution in [0.1, 0.15) is 37.7 Å². The van der Waals surface area contributed by atoms with E-state index in [-0.39, 0.29) is 11.8 Å². The number of hydrogen-bond acceptors (Lipinski definition) is 3. The SMILES string of the molecule is O=C(Nc1ccc(NCCc2c[nH]c3ccccc23)nc1)C1CCCCC1. The summed E-state index contributed by atoms with van der Waals surface area (Å²) in [5.41, 5.74) is 3.24. The van der Waals surface area contributed by atoms with Gasteiger partial charge in [0.2, 0.25) is 5.91 Å². The van der Waals surface area contributed by atoms with Gasteiger partial charge in [-0.25, -0.2) is 4.98 Å². The van der Waals surface area contributed by atoms with Gasteiger partial charge in [-0.05, 0) is 43.0 Å². The number of amides is 1. The molecular formula is C22H26N4O. The van der Waals surface area contributed by atoms with E-state index in [1.165, 1.54) is 22.9 Å². The Labute approximate surface area is 159 Å². The average molecular weight is 362 g/mol. The minimum atomic E-state index is 0.136. The third-order valence-corrected chi connectivity index (χ3v) is 5.38. The monoisotopic (exact) mass is 362 g/mol. The highest BCUT2D eigenvalue weighted by Gasteiger charge is 2.21. The fourth-order valence-corrected chi connectivity index (χ4v) is 3.85. The number of carbonyl (C=O) groups excluding carboxylic acids is 1. The largest absolute Gasteiger partial charge is 0.370 e. The van der Waals surface area contributed by atoms with E-state index in [1.54, 1.807) is 6.20 Å². The first kappa shape index (κ1) is 17.6. The van der Waals surface area contributed by atoms with Crippen molar-refractivity contribution >= 4 is 28.3 Å². The van der Waals surface area contributed by atoms with E-state index in [0.717, 1.165) is 50.2 Å².